The van der Waals surface area contributed by atoms with Gasteiger partial charge in [-0.1, -0.05) is 12.5 Å². The topological polar surface area (TPSA) is 57.6 Å². The van der Waals surface area contributed by atoms with Gasteiger partial charge in [-0.2, -0.15) is 0 Å². The van der Waals surface area contributed by atoms with Gasteiger partial charge in [-0.15, -0.1) is 6.58 Å². The molecule has 0 bridgehead atoms. The Hall–Kier alpha value is -1.32. The lowest BCUT2D eigenvalue weighted by Gasteiger charge is -2.37. The molecule has 2 unspecified atom stereocenters. The first kappa shape index (κ1) is 15.7. The van der Waals surface area contributed by atoms with Gasteiger partial charge in [0.2, 0.25) is 5.91 Å². The number of carboxylic acids is 1. The molecule has 0 aromatic carbocycles. The summed E-state index contributed by atoms with van der Waals surface area (Å²) in [6.07, 6.45) is 4.46. The number of allylic oxidation sites excluding steroid dienone is 1. The maximum absolute atomic E-state index is 12.4. The molecule has 4 nitrogen and oxygen atoms in total. The third kappa shape index (κ3) is 5.05. The number of carbonyl (C=O) groups excluding carboxylic acids is 1. The second-order valence-electron chi connectivity index (χ2n) is 5.68. The highest BCUT2D eigenvalue weighted by Gasteiger charge is 2.29. The maximum Gasteiger partial charge on any atom is 0.303 e. The van der Waals surface area contributed by atoms with E-state index in [1.165, 1.54) is 0 Å². The van der Waals surface area contributed by atoms with E-state index >= 15 is 0 Å². The molecule has 19 heavy (non-hydrogen) atoms. The molecule has 1 N–H and O–H groups in total. The summed E-state index contributed by atoms with van der Waals surface area (Å²) in [5, 5.41) is 8.78. The van der Waals surface area contributed by atoms with Crippen LogP contribution >= 0.6 is 0 Å². The van der Waals surface area contributed by atoms with Gasteiger partial charge in [-0.3, -0.25) is 9.59 Å². The third-order valence-corrected chi connectivity index (χ3v) is 3.68. The van der Waals surface area contributed by atoms with Gasteiger partial charge in [0.05, 0.1) is 0 Å². The molecule has 1 fully saturated rings. The van der Waals surface area contributed by atoms with Gasteiger partial charge >= 0.3 is 5.97 Å². The quantitative estimate of drug-likeness (QED) is 0.753. The van der Waals surface area contributed by atoms with Crippen molar-refractivity contribution in [2.75, 3.05) is 6.54 Å². The summed E-state index contributed by atoms with van der Waals surface area (Å²) in [4.78, 5) is 25.0. The smallest absolute Gasteiger partial charge is 0.303 e. The van der Waals surface area contributed by atoms with E-state index in [0.717, 1.165) is 31.4 Å². The first-order valence-electron chi connectivity index (χ1n) is 7.08. The summed E-state index contributed by atoms with van der Waals surface area (Å²) >= 11 is 0. The van der Waals surface area contributed by atoms with E-state index in [9.17, 15) is 9.59 Å². The normalized spacial score (nSPS) is 20.9. The van der Waals surface area contributed by atoms with Crippen molar-refractivity contribution in [2.45, 2.75) is 58.4 Å². The van der Waals surface area contributed by atoms with E-state index in [-0.39, 0.29) is 24.3 Å². The highest BCUT2D eigenvalue weighted by molar-refractivity contribution is 5.79. The Morgan fingerprint density at radius 3 is 2.68 bits per heavy atom. The summed E-state index contributed by atoms with van der Waals surface area (Å²) in [6, 6.07) is 0.102. The molecule has 4 heteroatoms. The van der Waals surface area contributed by atoms with Crippen LogP contribution in [0.1, 0.15) is 52.4 Å². The number of carboxylic acid groups (broad SMARTS) is 1. The zero-order chi connectivity index (χ0) is 14.4. The number of rotatable bonds is 6. The molecule has 0 spiro atoms. The fourth-order valence-corrected chi connectivity index (χ4v) is 2.77. The summed E-state index contributed by atoms with van der Waals surface area (Å²) in [7, 11) is 0. The second-order valence-corrected chi connectivity index (χ2v) is 5.68. The Morgan fingerprint density at radius 1 is 1.42 bits per heavy atom. The molecule has 2 atom stereocenters. The monoisotopic (exact) mass is 267 g/mol. The average molecular weight is 267 g/mol. The minimum atomic E-state index is -0.784. The highest BCUT2D eigenvalue weighted by Crippen LogP contribution is 2.24. The maximum atomic E-state index is 12.4. The van der Waals surface area contributed by atoms with Crippen molar-refractivity contribution in [2.24, 2.45) is 5.92 Å². The van der Waals surface area contributed by atoms with Crippen molar-refractivity contribution in [1.82, 2.24) is 4.90 Å². The first-order valence-corrected chi connectivity index (χ1v) is 7.08. The lowest BCUT2D eigenvalue weighted by Crippen LogP contribution is -2.46. The van der Waals surface area contributed by atoms with Crippen molar-refractivity contribution in [3.05, 3.63) is 12.2 Å². The van der Waals surface area contributed by atoms with E-state index in [1.807, 2.05) is 18.7 Å². The van der Waals surface area contributed by atoms with Crippen LogP contribution in [-0.2, 0) is 9.59 Å². The number of piperidine rings is 1. The molecule has 0 saturated carbocycles. The minimum absolute atomic E-state index is 0.0528. The Morgan fingerprint density at radius 2 is 2.11 bits per heavy atom. The molecule has 1 amide bonds. The molecule has 1 aliphatic rings. The van der Waals surface area contributed by atoms with Crippen LogP contribution < -0.4 is 0 Å². The summed E-state index contributed by atoms with van der Waals surface area (Å²) < 4.78 is 0. The average Bonchev–Trinajstić information content (AvgIpc) is 2.35. The first-order chi connectivity index (χ1) is 8.91. The van der Waals surface area contributed by atoms with E-state index < -0.39 is 5.97 Å². The summed E-state index contributed by atoms with van der Waals surface area (Å²) in [6.45, 7) is 8.48. The predicted molar refractivity (Wildman–Crippen MR) is 74.8 cm³/mol. The minimum Gasteiger partial charge on any atom is -0.481 e. The highest BCUT2D eigenvalue weighted by atomic mass is 16.4. The van der Waals surface area contributed by atoms with Crippen LogP contribution in [0.25, 0.3) is 0 Å². The van der Waals surface area contributed by atoms with Gasteiger partial charge in [0.15, 0.2) is 0 Å². The van der Waals surface area contributed by atoms with E-state index in [1.54, 1.807) is 0 Å². The Bertz CT molecular complexity index is 351. The van der Waals surface area contributed by atoms with E-state index in [4.69, 9.17) is 5.11 Å². The number of amides is 1. The van der Waals surface area contributed by atoms with Crippen LogP contribution in [0.5, 0.6) is 0 Å². The SMILES string of the molecule is C=C(C)CC(C)C(=O)N1CCCCC1CCC(=O)O. The number of hydrogen-bond acceptors (Lipinski definition) is 2. The van der Waals surface area contributed by atoms with Gasteiger partial charge in [-0.05, 0) is 39.0 Å². The summed E-state index contributed by atoms with van der Waals surface area (Å²) in [5.41, 5.74) is 1.01. The molecule has 0 aliphatic carbocycles. The number of carbonyl (C=O) groups is 2. The largest absolute Gasteiger partial charge is 0.481 e. The Kier molecular flexibility index (Phi) is 6.06. The molecule has 1 saturated heterocycles. The zero-order valence-electron chi connectivity index (χ0n) is 12.0. The second kappa shape index (κ2) is 7.31. The molecule has 1 aliphatic heterocycles. The fourth-order valence-electron chi connectivity index (χ4n) is 2.77. The van der Waals surface area contributed by atoms with Crippen molar-refractivity contribution in [3.8, 4) is 0 Å². The third-order valence-electron chi connectivity index (χ3n) is 3.68. The van der Waals surface area contributed by atoms with Crippen LogP contribution in [0.3, 0.4) is 0 Å². The fraction of sp³-hybridized carbons (Fsp3) is 0.733. The van der Waals surface area contributed by atoms with Crippen molar-refractivity contribution in [1.29, 1.82) is 0 Å². The van der Waals surface area contributed by atoms with E-state index in [0.29, 0.717) is 12.8 Å². The summed E-state index contributed by atoms with van der Waals surface area (Å²) in [5.74, 6) is -0.686. The van der Waals surface area contributed by atoms with Crippen LogP contribution in [0.4, 0.5) is 0 Å². The van der Waals surface area contributed by atoms with Gasteiger partial charge in [0, 0.05) is 24.9 Å². The molecular weight excluding hydrogens is 242 g/mol. The van der Waals surface area contributed by atoms with Gasteiger partial charge in [0.1, 0.15) is 0 Å². The molecule has 1 rings (SSSR count). The standard InChI is InChI=1S/C15H25NO3/c1-11(2)10-12(3)15(19)16-9-5-4-6-13(16)7-8-14(17)18/h12-13H,1,4-10H2,2-3H3,(H,17,18). The van der Waals surface area contributed by atoms with Crippen LogP contribution in [0.2, 0.25) is 0 Å². The number of aliphatic carboxylic acids is 1. The predicted octanol–water partition coefficient (Wildman–Crippen LogP) is 2.83. The van der Waals surface area contributed by atoms with E-state index in [2.05, 4.69) is 6.58 Å². The van der Waals surface area contributed by atoms with Gasteiger partial charge in [0.25, 0.3) is 0 Å². The zero-order valence-corrected chi connectivity index (χ0v) is 12.0. The Balaban J connectivity index is 2.62. The number of likely N-dealkylation sites (tertiary alicyclic amines) is 1. The molecule has 108 valence electrons. The van der Waals surface area contributed by atoms with Crippen molar-refractivity contribution in [3.63, 3.8) is 0 Å². The molecule has 0 aromatic rings. The lowest BCUT2D eigenvalue weighted by atomic mass is 9.94. The molecule has 1 heterocycles. The van der Waals surface area contributed by atoms with Crippen molar-refractivity contribution >= 4 is 11.9 Å². The van der Waals surface area contributed by atoms with Crippen LogP contribution in [0, 0.1) is 5.92 Å². The van der Waals surface area contributed by atoms with Crippen LogP contribution in [-0.4, -0.2) is 34.5 Å². The molecule has 0 aromatic heterocycles. The molecular formula is C15H25NO3. The van der Waals surface area contributed by atoms with Crippen molar-refractivity contribution < 1.29 is 14.7 Å². The number of nitrogens with zero attached hydrogens (tertiary/aromatic N) is 1. The number of hydrogen-bond donors (Lipinski definition) is 1. The lowest BCUT2D eigenvalue weighted by molar-refractivity contribution is -0.142. The Labute approximate surface area is 115 Å². The van der Waals surface area contributed by atoms with Crippen LogP contribution in [0.15, 0.2) is 12.2 Å². The van der Waals surface area contributed by atoms with Gasteiger partial charge in [-0.25, -0.2) is 0 Å². The van der Waals surface area contributed by atoms with Gasteiger partial charge < -0.3 is 10.0 Å². The molecule has 0 radical (unpaired) electrons.